The van der Waals surface area contributed by atoms with Gasteiger partial charge in [0.05, 0.1) is 22.3 Å². The quantitative estimate of drug-likeness (QED) is 0.623. The Morgan fingerprint density at radius 3 is 2.36 bits per heavy atom. The van der Waals surface area contributed by atoms with Crippen LogP contribution in [0.5, 0.6) is 0 Å². The van der Waals surface area contributed by atoms with E-state index in [2.05, 4.69) is 10.1 Å². The summed E-state index contributed by atoms with van der Waals surface area (Å²) in [5.74, 6) is 0. The minimum atomic E-state index is -4.47. The van der Waals surface area contributed by atoms with Crippen LogP contribution >= 0.6 is 11.6 Å². The summed E-state index contributed by atoms with van der Waals surface area (Å²) in [6.45, 7) is 4.18. The van der Waals surface area contributed by atoms with Gasteiger partial charge in [0.2, 0.25) is 0 Å². The van der Waals surface area contributed by atoms with Crippen molar-refractivity contribution in [1.29, 1.82) is 0 Å². The number of halogens is 6. The van der Waals surface area contributed by atoms with Gasteiger partial charge in [0.15, 0.2) is 0 Å². The van der Waals surface area contributed by atoms with E-state index in [1.807, 2.05) is 0 Å². The zero-order chi connectivity index (χ0) is 19.0. The third kappa shape index (κ3) is 3.94. The Morgan fingerprint density at radius 2 is 1.84 bits per heavy atom. The molecule has 0 bridgehead atoms. The molecule has 2 rings (SSSR count). The standard InChI is InChI=1S/C16H17ClF5N3/c1-4-25-13(12(17)8-24-25)11-7-23-9(5-10(11)14(18)19)6-15(2,3)16(20,21)22/h5,7-8,14H,4,6H2,1-3H3. The molecule has 0 amide bonds. The highest BCUT2D eigenvalue weighted by Gasteiger charge is 2.47. The monoisotopic (exact) mass is 381 g/mol. The van der Waals surface area contributed by atoms with Crippen LogP contribution in [0.4, 0.5) is 22.0 Å². The number of aromatic nitrogens is 3. The summed E-state index contributed by atoms with van der Waals surface area (Å²) in [6.07, 6.45) is -5.39. The summed E-state index contributed by atoms with van der Waals surface area (Å²) in [7, 11) is 0. The van der Waals surface area contributed by atoms with Crippen molar-refractivity contribution >= 4 is 11.6 Å². The molecule has 2 heterocycles. The molecule has 0 saturated heterocycles. The predicted molar refractivity (Wildman–Crippen MR) is 84.6 cm³/mol. The topological polar surface area (TPSA) is 30.7 Å². The second-order valence-electron chi connectivity index (χ2n) is 6.28. The van der Waals surface area contributed by atoms with Crippen LogP contribution in [0.2, 0.25) is 5.02 Å². The maximum atomic E-state index is 13.5. The molecule has 0 saturated carbocycles. The molecule has 0 aliphatic carbocycles. The van der Waals surface area contributed by atoms with Crippen molar-refractivity contribution in [1.82, 2.24) is 14.8 Å². The number of hydrogen-bond donors (Lipinski definition) is 0. The number of nitrogens with zero attached hydrogens (tertiary/aromatic N) is 3. The molecule has 2 aromatic rings. The van der Waals surface area contributed by atoms with E-state index < -0.39 is 30.0 Å². The number of aryl methyl sites for hydroxylation is 1. The van der Waals surface area contributed by atoms with Crippen LogP contribution in [0.25, 0.3) is 11.3 Å². The lowest BCUT2D eigenvalue weighted by atomic mass is 9.86. The Balaban J connectivity index is 2.51. The van der Waals surface area contributed by atoms with Crippen LogP contribution in [0.1, 0.15) is 38.5 Å². The molecule has 0 spiro atoms. The van der Waals surface area contributed by atoms with Crippen molar-refractivity contribution in [2.45, 2.75) is 46.3 Å². The summed E-state index contributed by atoms with van der Waals surface area (Å²) in [6, 6.07) is 1.01. The SMILES string of the molecule is CCn1ncc(Cl)c1-c1cnc(CC(C)(C)C(F)(F)F)cc1C(F)F. The summed E-state index contributed by atoms with van der Waals surface area (Å²) in [4.78, 5) is 3.96. The van der Waals surface area contributed by atoms with Gasteiger partial charge in [-0.25, -0.2) is 8.78 Å². The van der Waals surface area contributed by atoms with E-state index in [0.29, 0.717) is 6.54 Å². The van der Waals surface area contributed by atoms with E-state index in [4.69, 9.17) is 11.6 Å². The van der Waals surface area contributed by atoms with E-state index in [1.165, 1.54) is 10.9 Å². The minimum Gasteiger partial charge on any atom is -0.264 e. The molecule has 0 aliphatic heterocycles. The van der Waals surface area contributed by atoms with E-state index >= 15 is 0 Å². The average Bonchev–Trinajstić information content (AvgIpc) is 2.86. The Morgan fingerprint density at radius 1 is 1.20 bits per heavy atom. The van der Waals surface area contributed by atoms with Gasteiger partial charge in [-0.3, -0.25) is 9.67 Å². The molecular weight excluding hydrogens is 365 g/mol. The molecule has 0 aromatic carbocycles. The lowest BCUT2D eigenvalue weighted by molar-refractivity contribution is -0.211. The van der Waals surface area contributed by atoms with Gasteiger partial charge in [-0.1, -0.05) is 25.4 Å². The van der Waals surface area contributed by atoms with Crippen LogP contribution < -0.4 is 0 Å². The molecule has 0 aliphatic rings. The Hall–Kier alpha value is -1.70. The first-order valence-electron chi connectivity index (χ1n) is 7.53. The first-order valence-corrected chi connectivity index (χ1v) is 7.91. The normalized spacial score (nSPS) is 12.9. The zero-order valence-corrected chi connectivity index (χ0v) is 14.6. The molecule has 0 unspecified atom stereocenters. The maximum absolute atomic E-state index is 13.5. The minimum absolute atomic E-state index is 0.0555. The van der Waals surface area contributed by atoms with Crippen molar-refractivity contribution in [3.05, 3.63) is 34.7 Å². The second-order valence-corrected chi connectivity index (χ2v) is 6.69. The van der Waals surface area contributed by atoms with Crippen LogP contribution in [-0.4, -0.2) is 20.9 Å². The summed E-state index contributed by atoms with van der Waals surface area (Å²) >= 11 is 6.04. The molecule has 25 heavy (non-hydrogen) atoms. The van der Waals surface area contributed by atoms with Crippen molar-refractivity contribution in [3.8, 4) is 11.3 Å². The molecule has 0 radical (unpaired) electrons. The largest absolute Gasteiger partial charge is 0.394 e. The third-order valence-corrected chi connectivity index (χ3v) is 4.24. The number of pyridine rings is 1. The van der Waals surface area contributed by atoms with Crippen molar-refractivity contribution in [2.24, 2.45) is 5.41 Å². The molecule has 0 fully saturated rings. The fraction of sp³-hybridized carbons (Fsp3) is 0.500. The fourth-order valence-corrected chi connectivity index (χ4v) is 2.66. The second kappa shape index (κ2) is 6.90. The Kier molecular flexibility index (Phi) is 5.41. The summed E-state index contributed by atoms with van der Waals surface area (Å²) < 4.78 is 67.5. The van der Waals surface area contributed by atoms with Crippen LogP contribution in [0.15, 0.2) is 18.5 Å². The van der Waals surface area contributed by atoms with Crippen LogP contribution in [0.3, 0.4) is 0 Å². The van der Waals surface area contributed by atoms with E-state index in [-0.39, 0.29) is 22.0 Å². The van der Waals surface area contributed by atoms with Gasteiger partial charge in [-0.2, -0.15) is 18.3 Å². The van der Waals surface area contributed by atoms with Gasteiger partial charge in [-0.15, -0.1) is 0 Å². The number of rotatable bonds is 5. The van der Waals surface area contributed by atoms with Gasteiger partial charge in [0.1, 0.15) is 0 Å². The highest BCUT2D eigenvalue weighted by atomic mass is 35.5. The molecular formula is C16H17ClF5N3. The zero-order valence-electron chi connectivity index (χ0n) is 13.8. The van der Waals surface area contributed by atoms with E-state index in [9.17, 15) is 22.0 Å². The van der Waals surface area contributed by atoms with Crippen molar-refractivity contribution < 1.29 is 22.0 Å². The Labute approximate surface area is 146 Å². The first-order chi connectivity index (χ1) is 11.5. The van der Waals surface area contributed by atoms with Gasteiger partial charge in [0.25, 0.3) is 6.43 Å². The number of hydrogen-bond acceptors (Lipinski definition) is 2. The average molecular weight is 382 g/mol. The first kappa shape index (κ1) is 19.6. The lowest BCUT2D eigenvalue weighted by Gasteiger charge is -2.27. The maximum Gasteiger partial charge on any atom is 0.394 e. The summed E-state index contributed by atoms with van der Waals surface area (Å²) in [5.41, 5.74) is -2.22. The molecule has 138 valence electrons. The van der Waals surface area contributed by atoms with Gasteiger partial charge in [-0.05, 0) is 13.0 Å². The van der Waals surface area contributed by atoms with Gasteiger partial charge >= 0.3 is 6.18 Å². The van der Waals surface area contributed by atoms with Crippen LogP contribution in [0, 0.1) is 5.41 Å². The van der Waals surface area contributed by atoms with E-state index in [0.717, 1.165) is 26.1 Å². The molecule has 0 N–H and O–H groups in total. The highest BCUT2D eigenvalue weighted by molar-refractivity contribution is 6.33. The molecule has 0 atom stereocenters. The van der Waals surface area contributed by atoms with Crippen LogP contribution in [-0.2, 0) is 13.0 Å². The molecule has 9 heteroatoms. The smallest absolute Gasteiger partial charge is 0.264 e. The summed E-state index contributed by atoms with van der Waals surface area (Å²) in [5, 5.41) is 4.16. The predicted octanol–water partition coefficient (Wildman–Crippen LogP) is 5.69. The highest BCUT2D eigenvalue weighted by Crippen LogP contribution is 2.41. The van der Waals surface area contributed by atoms with E-state index in [1.54, 1.807) is 6.92 Å². The van der Waals surface area contributed by atoms with Gasteiger partial charge in [0, 0.05) is 36.0 Å². The molecule has 2 aromatic heterocycles. The van der Waals surface area contributed by atoms with Crippen molar-refractivity contribution in [2.75, 3.05) is 0 Å². The lowest BCUT2D eigenvalue weighted by Crippen LogP contribution is -2.34. The molecule has 3 nitrogen and oxygen atoms in total. The Bertz CT molecular complexity index is 753. The fourth-order valence-electron chi connectivity index (χ4n) is 2.41. The third-order valence-electron chi connectivity index (χ3n) is 3.97. The number of alkyl halides is 5. The van der Waals surface area contributed by atoms with Gasteiger partial charge < -0.3 is 0 Å². The van der Waals surface area contributed by atoms with Crippen molar-refractivity contribution in [3.63, 3.8) is 0 Å².